The number of aryl methyl sites for hydroxylation is 1. The fraction of sp³-hybridized carbons (Fsp3) is 0.188. The van der Waals surface area contributed by atoms with Crippen LogP contribution in [-0.2, 0) is 6.42 Å². The molecule has 0 spiro atoms. The number of benzene rings is 2. The van der Waals surface area contributed by atoms with E-state index in [0.29, 0.717) is 0 Å². The lowest BCUT2D eigenvalue weighted by Crippen LogP contribution is -2.26. The fourth-order valence-corrected chi connectivity index (χ4v) is 1.95. The molecule has 0 saturated carbocycles. The first-order valence-electron chi connectivity index (χ1n) is 6.42. The number of carbonyl (C=O) groups excluding carboxylic acids is 1. The minimum atomic E-state index is -0.373. The Morgan fingerprint density at radius 2 is 1.75 bits per heavy atom. The summed E-state index contributed by atoms with van der Waals surface area (Å²) in [5.41, 5.74) is 2.00. The number of anilines is 1. The molecule has 104 valence electrons. The van der Waals surface area contributed by atoms with Gasteiger partial charge in [0.15, 0.2) is 0 Å². The summed E-state index contributed by atoms with van der Waals surface area (Å²) in [6, 6.07) is 11.5. The van der Waals surface area contributed by atoms with E-state index in [4.69, 9.17) is 0 Å². The van der Waals surface area contributed by atoms with Gasteiger partial charge in [0, 0.05) is 12.7 Å². The van der Waals surface area contributed by atoms with Crippen molar-refractivity contribution in [2.24, 2.45) is 0 Å². The number of hydrogen-bond donors (Lipinski definition) is 2. The zero-order chi connectivity index (χ0) is 14.7. The molecule has 0 saturated heterocycles. The zero-order valence-corrected chi connectivity index (χ0v) is 11.5. The Hall–Kier alpha value is -2.49. The van der Waals surface area contributed by atoms with Crippen molar-refractivity contribution < 1.29 is 15.0 Å². The summed E-state index contributed by atoms with van der Waals surface area (Å²) in [5, 5.41) is 19.1. The van der Waals surface area contributed by atoms with E-state index in [1.54, 1.807) is 7.05 Å². The normalized spacial score (nSPS) is 10.3. The maximum absolute atomic E-state index is 12.3. The molecule has 2 aromatic carbocycles. The summed E-state index contributed by atoms with van der Waals surface area (Å²) in [6.45, 7) is 2.06. The van der Waals surface area contributed by atoms with Gasteiger partial charge in [0.1, 0.15) is 11.5 Å². The van der Waals surface area contributed by atoms with Gasteiger partial charge >= 0.3 is 0 Å². The number of carbonyl (C=O) groups is 1. The Morgan fingerprint density at radius 1 is 1.10 bits per heavy atom. The molecular weight excluding hydrogens is 254 g/mol. The highest BCUT2D eigenvalue weighted by molar-refractivity contribution is 6.07. The van der Waals surface area contributed by atoms with E-state index in [1.165, 1.54) is 28.7 Å². The quantitative estimate of drug-likeness (QED) is 0.844. The highest BCUT2D eigenvalue weighted by atomic mass is 16.3. The molecule has 0 heterocycles. The van der Waals surface area contributed by atoms with E-state index < -0.39 is 0 Å². The first-order valence-corrected chi connectivity index (χ1v) is 6.42. The van der Waals surface area contributed by atoms with Crippen molar-refractivity contribution in [2.45, 2.75) is 13.3 Å². The van der Waals surface area contributed by atoms with Crippen molar-refractivity contribution in [1.82, 2.24) is 0 Å². The topological polar surface area (TPSA) is 60.8 Å². The monoisotopic (exact) mass is 271 g/mol. The molecule has 1 amide bonds. The number of nitrogens with zero attached hydrogens (tertiary/aromatic N) is 1. The summed E-state index contributed by atoms with van der Waals surface area (Å²) >= 11 is 0. The first kappa shape index (κ1) is 13.9. The second kappa shape index (κ2) is 5.65. The van der Waals surface area contributed by atoms with Crippen LogP contribution in [0.2, 0.25) is 0 Å². The lowest BCUT2D eigenvalue weighted by atomic mass is 10.1. The van der Waals surface area contributed by atoms with Crippen molar-refractivity contribution in [3.05, 3.63) is 53.6 Å². The van der Waals surface area contributed by atoms with Crippen molar-refractivity contribution >= 4 is 11.6 Å². The van der Waals surface area contributed by atoms with Gasteiger partial charge in [-0.2, -0.15) is 0 Å². The third-order valence-corrected chi connectivity index (χ3v) is 3.25. The number of amides is 1. The van der Waals surface area contributed by atoms with Gasteiger partial charge in [-0.1, -0.05) is 19.1 Å². The van der Waals surface area contributed by atoms with Gasteiger partial charge in [0.25, 0.3) is 5.91 Å². The van der Waals surface area contributed by atoms with Crippen LogP contribution < -0.4 is 4.90 Å². The van der Waals surface area contributed by atoms with Gasteiger partial charge in [-0.25, -0.2) is 0 Å². The number of hydrogen-bond acceptors (Lipinski definition) is 3. The third kappa shape index (κ3) is 2.74. The Morgan fingerprint density at radius 3 is 2.35 bits per heavy atom. The van der Waals surface area contributed by atoms with E-state index in [0.717, 1.165) is 12.1 Å². The minimum Gasteiger partial charge on any atom is -0.508 e. The summed E-state index contributed by atoms with van der Waals surface area (Å²) in [4.78, 5) is 13.8. The minimum absolute atomic E-state index is 0.0547. The molecule has 4 heteroatoms. The number of aromatic hydroxyl groups is 2. The van der Waals surface area contributed by atoms with Crippen LogP contribution in [0, 0.1) is 0 Å². The van der Waals surface area contributed by atoms with Crippen LogP contribution >= 0.6 is 0 Å². The van der Waals surface area contributed by atoms with Crippen LogP contribution in [0.4, 0.5) is 5.69 Å². The molecule has 2 N–H and O–H groups in total. The molecule has 2 rings (SSSR count). The van der Waals surface area contributed by atoms with Crippen LogP contribution in [0.3, 0.4) is 0 Å². The van der Waals surface area contributed by atoms with Crippen LogP contribution in [0.1, 0.15) is 22.8 Å². The van der Waals surface area contributed by atoms with Crippen molar-refractivity contribution in [3.63, 3.8) is 0 Å². The summed E-state index contributed by atoms with van der Waals surface area (Å²) in [6.07, 6.45) is 0.936. The van der Waals surface area contributed by atoms with E-state index in [2.05, 4.69) is 6.92 Å². The van der Waals surface area contributed by atoms with E-state index >= 15 is 0 Å². The molecule has 0 aliphatic rings. The fourth-order valence-electron chi connectivity index (χ4n) is 1.95. The second-order valence-electron chi connectivity index (χ2n) is 4.59. The molecule has 0 aliphatic heterocycles. The standard InChI is InChI=1S/C16H17NO3/c1-3-11-4-6-12(7-5-11)17(2)16(20)14-10-13(18)8-9-15(14)19/h4-10,18-19H,3H2,1-2H3. The van der Waals surface area contributed by atoms with Gasteiger partial charge in [0.05, 0.1) is 5.56 Å². The summed E-state index contributed by atoms with van der Waals surface area (Å²) in [5.74, 6) is -0.576. The number of phenolic OH excluding ortho intramolecular Hbond substituents is 2. The maximum Gasteiger partial charge on any atom is 0.261 e. The lowest BCUT2D eigenvalue weighted by Gasteiger charge is -2.18. The molecule has 0 bridgehead atoms. The highest BCUT2D eigenvalue weighted by Gasteiger charge is 2.17. The molecule has 2 aromatic rings. The van der Waals surface area contributed by atoms with Gasteiger partial charge < -0.3 is 15.1 Å². The van der Waals surface area contributed by atoms with Crippen molar-refractivity contribution in [2.75, 3.05) is 11.9 Å². The molecule has 4 nitrogen and oxygen atoms in total. The largest absolute Gasteiger partial charge is 0.508 e. The van der Waals surface area contributed by atoms with E-state index in [-0.39, 0.29) is 23.0 Å². The third-order valence-electron chi connectivity index (χ3n) is 3.25. The second-order valence-corrected chi connectivity index (χ2v) is 4.59. The van der Waals surface area contributed by atoms with Crippen molar-refractivity contribution in [3.8, 4) is 11.5 Å². The molecule has 20 heavy (non-hydrogen) atoms. The Kier molecular flexibility index (Phi) is 3.94. The molecule has 0 atom stereocenters. The van der Waals surface area contributed by atoms with Crippen LogP contribution in [0.25, 0.3) is 0 Å². The number of rotatable bonds is 3. The zero-order valence-electron chi connectivity index (χ0n) is 11.5. The summed E-state index contributed by atoms with van der Waals surface area (Å²) in [7, 11) is 1.63. The molecular formula is C16H17NO3. The first-order chi connectivity index (χ1) is 9.52. The van der Waals surface area contributed by atoms with Gasteiger partial charge in [-0.3, -0.25) is 4.79 Å². The predicted molar refractivity (Wildman–Crippen MR) is 78.3 cm³/mol. The smallest absolute Gasteiger partial charge is 0.261 e. The van der Waals surface area contributed by atoms with Crippen LogP contribution in [0.15, 0.2) is 42.5 Å². The van der Waals surface area contributed by atoms with Crippen LogP contribution in [0.5, 0.6) is 11.5 Å². The average molecular weight is 271 g/mol. The van der Waals surface area contributed by atoms with E-state index in [1.807, 2.05) is 24.3 Å². The van der Waals surface area contributed by atoms with Gasteiger partial charge in [-0.05, 0) is 42.3 Å². The van der Waals surface area contributed by atoms with Crippen LogP contribution in [-0.4, -0.2) is 23.2 Å². The SMILES string of the molecule is CCc1ccc(N(C)C(=O)c2cc(O)ccc2O)cc1. The Balaban J connectivity index is 2.29. The van der Waals surface area contributed by atoms with Gasteiger partial charge in [-0.15, -0.1) is 0 Å². The Bertz CT molecular complexity index is 620. The molecule has 0 radical (unpaired) electrons. The lowest BCUT2D eigenvalue weighted by molar-refractivity contribution is 0.0990. The van der Waals surface area contributed by atoms with Gasteiger partial charge in [0.2, 0.25) is 0 Å². The molecule has 0 fully saturated rings. The number of phenols is 2. The maximum atomic E-state index is 12.3. The van der Waals surface area contributed by atoms with E-state index in [9.17, 15) is 15.0 Å². The highest BCUT2D eigenvalue weighted by Crippen LogP contribution is 2.25. The summed E-state index contributed by atoms with van der Waals surface area (Å²) < 4.78 is 0. The average Bonchev–Trinajstić information content (AvgIpc) is 2.48. The molecule has 0 aliphatic carbocycles. The molecule has 0 aromatic heterocycles. The molecule has 0 unspecified atom stereocenters. The predicted octanol–water partition coefficient (Wildman–Crippen LogP) is 2.94. The Labute approximate surface area is 117 Å². The van der Waals surface area contributed by atoms with Crippen molar-refractivity contribution in [1.29, 1.82) is 0 Å².